The van der Waals surface area contributed by atoms with Crippen LogP contribution in [0.25, 0.3) is 11.1 Å². The first-order chi connectivity index (χ1) is 25.4. The number of benzene rings is 4. The standard InChI is InChI=1S/C38H36F6O10/c1-21-19-25(53-33(45)35(51-7,37(39,40)41)23-15-11-9-12-16-23)27(31(49-5)29(21)47-3)28-26(20-22(2)30(48-4)32(28)50-6)54-34(46)36(52-8,38(42,43)44)24-17-13-10-14-18-24/h9-20H,1-8H3/t35-,36-/m0/s1. The molecule has 0 radical (unpaired) electrons. The first-order valence-corrected chi connectivity index (χ1v) is 15.8. The van der Waals surface area contributed by atoms with Crippen molar-refractivity contribution in [3.05, 3.63) is 95.1 Å². The predicted molar refractivity (Wildman–Crippen MR) is 181 cm³/mol. The van der Waals surface area contributed by atoms with Crippen molar-refractivity contribution in [2.45, 2.75) is 37.4 Å². The van der Waals surface area contributed by atoms with Crippen LogP contribution in [0.1, 0.15) is 22.3 Å². The second-order valence-corrected chi connectivity index (χ2v) is 11.5. The molecule has 0 N–H and O–H groups in total. The number of hydrogen-bond donors (Lipinski definition) is 0. The van der Waals surface area contributed by atoms with Crippen LogP contribution in [0.5, 0.6) is 34.5 Å². The van der Waals surface area contributed by atoms with Gasteiger partial charge in [0.25, 0.3) is 11.2 Å². The maximum Gasteiger partial charge on any atom is 0.432 e. The minimum atomic E-state index is -5.39. The summed E-state index contributed by atoms with van der Waals surface area (Å²) in [6.45, 7) is 2.91. The molecule has 0 spiro atoms. The molecule has 16 heteroatoms. The first kappa shape index (κ1) is 41.3. The van der Waals surface area contributed by atoms with Crippen molar-refractivity contribution < 1.29 is 73.8 Å². The number of aryl methyl sites for hydroxylation is 2. The van der Waals surface area contributed by atoms with Crippen LogP contribution in [0.4, 0.5) is 26.3 Å². The lowest BCUT2D eigenvalue weighted by Crippen LogP contribution is -2.53. The van der Waals surface area contributed by atoms with E-state index in [2.05, 4.69) is 0 Å². The van der Waals surface area contributed by atoms with Crippen molar-refractivity contribution in [2.75, 3.05) is 42.7 Å². The van der Waals surface area contributed by atoms with Gasteiger partial charge in [-0.3, -0.25) is 0 Å². The number of hydrogen-bond acceptors (Lipinski definition) is 10. The van der Waals surface area contributed by atoms with E-state index >= 15 is 0 Å². The third-order valence-corrected chi connectivity index (χ3v) is 8.59. The molecule has 290 valence electrons. The fourth-order valence-corrected chi connectivity index (χ4v) is 6.13. The average molecular weight is 767 g/mol. The number of rotatable bonds is 13. The van der Waals surface area contributed by atoms with Gasteiger partial charge in [-0.05, 0) is 37.1 Å². The fourth-order valence-electron chi connectivity index (χ4n) is 6.13. The summed E-state index contributed by atoms with van der Waals surface area (Å²) in [5.41, 5.74) is -9.16. The Kier molecular flexibility index (Phi) is 12.1. The number of methoxy groups -OCH3 is 6. The van der Waals surface area contributed by atoms with Gasteiger partial charge in [0.1, 0.15) is 11.5 Å². The predicted octanol–water partition coefficient (Wildman–Crippen LogP) is 8.02. The molecule has 10 nitrogen and oxygen atoms in total. The summed E-state index contributed by atoms with van der Waals surface area (Å²) >= 11 is 0. The van der Waals surface area contributed by atoms with Gasteiger partial charge >= 0.3 is 24.3 Å². The summed E-state index contributed by atoms with van der Waals surface area (Å²) in [5.74, 6) is -5.96. The first-order valence-electron chi connectivity index (χ1n) is 15.8. The van der Waals surface area contributed by atoms with Gasteiger partial charge < -0.3 is 37.9 Å². The maximum atomic E-state index is 15.0. The maximum absolute atomic E-state index is 15.0. The van der Waals surface area contributed by atoms with E-state index in [9.17, 15) is 35.9 Å². The van der Waals surface area contributed by atoms with Crippen LogP contribution in [0.2, 0.25) is 0 Å². The molecule has 0 bridgehead atoms. The number of carbonyl (C=O) groups excluding carboxylic acids is 2. The van der Waals surface area contributed by atoms with Crippen molar-refractivity contribution in [1.29, 1.82) is 0 Å². The Morgan fingerprint density at radius 3 is 1.02 bits per heavy atom. The van der Waals surface area contributed by atoms with E-state index < -0.39 is 69.2 Å². The molecule has 4 rings (SSSR count). The third-order valence-electron chi connectivity index (χ3n) is 8.59. The van der Waals surface area contributed by atoms with Gasteiger partial charge in [-0.25, -0.2) is 9.59 Å². The molecule has 0 fully saturated rings. The van der Waals surface area contributed by atoms with Crippen LogP contribution >= 0.6 is 0 Å². The van der Waals surface area contributed by atoms with Gasteiger partial charge in [-0.15, -0.1) is 0 Å². The van der Waals surface area contributed by atoms with Crippen molar-refractivity contribution in [3.63, 3.8) is 0 Å². The van der Waals surface area contributed by atoms with Crippen molar-refractivity contribution >= 4 is 11.9 Å². The van der Waals surface area contributed by atoms with Gasteiger partial charge in [0.15, 0.2) is 23.0 Å². The lowest BCUT2D eigenvalue weighted by atomic mass is 9.92. The Labute approximate surface area is 306 Å². The second kappa shape index (κ2) is 15.9. The van der Waals surface area contributed by atoms with Crippen LogP contribution in [-0.4, -0.2) is 66.9 Å². The summed E-state index contributed by atoms with van der Waals surface area (Å²) < 4.78 is 133. The molecule has 0 amide bonds. The minimum Gasteiger partial charge on any atom is -0.493 e. The summed E-state index contributed by atoms with van der Waals surface area (Å²) in [4.78, 5) is 27.9. The Bertz CT molecular complexity index is 1840. The minimum absolute atomic E-state index is 0.0473. The zero-order valence-electron chi connectivity index (χ0n) is 30.3. The highest BCUT2D eigenvalue weighted by atomic mass is 19.4. The Balaban J connectivity index is 2.12. The van der Waals surface area contributed by atoms with E-state index in [1.54, 1.807) is 0 Å². The summed E-state index contributed by atoms with van der Waals surface area (Å²) in [5, 5.41) is 0. The molecule has 0 saturated heterocycles. The van der Waals surface area contributed by atoms with Crippen LogP contribution in [0, 0.1) is 13.8 Å². The zero-order valence-corrected chi connectivity index (χ0v) is 30.3. The average Bonchev–Trinajstić information content (AvgIpc) is 3.12. The van der Waals surface area contributed by atoms with Gasteiger partial charge in [0.2, 0.25) is 0 Å². The lowest BCUT2D eigenvalue weighted by molar-refractivity contribution is -0.273. The quantitative estimate of drug-likeness (QED) is 0.0755. The number of halogens is 6. The van der Waals surface area contributed by atoms with E-state index in [0.29, 0.717) is 14.2 Å². The monoisotopic (exact) mass is 766 g/mol. The molecule has 0 aliphatic carbocycles. The van der Waals surface area contributed by atoms with Crippen LogP contribution < -0.4 is 28.4 Å². The highest BCUT2D eigenvalue weighted by molar-refractivity contribution is 5.95. The molecule has 54 heavy (non-hydrogen) atoms. The van der Waals surface area contributed by atoms with Gasteiger partial charge in [-0.1, -0.05) is 60.7 Å². The van der Waals surface area contributed by atoms with Gasteiger partial charge in [0, 0.05) is 25.3 Å². The SMILES string of the molecule is COc1c(C)cc(OC(=O)[C@@](OC)(c2ccccc2)C(F)(F)F)c(-c2c(OC(=O)[C@@](OC)(c3ccccc3)C(F)(F)F)cc(C)c(OC)c2OC)c1OC. The van der Waals surface area contributed by atoms with Crippen LogP contribution in [0.3, 0.4) is 0 Å². The largest absolute Gasteiger partial charge is 0.493 e. The van der Waals surface area contributed by atoms with Crippen LogP contribution in [-0.2, 0) is 30.3 Å². The van der Waals surface area contributed by atoms with E-state index in [4.69, 9.17) is 37.9 Å². The van der Waals surface area contributed by atoms with E-state index in [-0.39, 0.29) is 34.1 Å². The van der Waals surface area contributed by atoms with Crippen molar-refractivity contribution in [1.82, 2.24) is 0 Å². The number of carbonyl (C=O) groups is 2. The number of alkyl halides is 6. The van der Waals surface area contributed by atoms with E-state index in [0.717, 1.165) is 50.6 Å². The Morgan fingerprint density at radius 2 is 0.778 bits per heavy atom. The molecule has 0 heterocycles. The second-order valence-electron chi connectivity index (χ2n) is 11.5. The topological polar surface area (TPSA) is 108 Å². The highest BCUT2D eigenvalue weighted by Crippen LogP contribution is 2.57. The highest BCUT2D eigenvalue weighted by Gasteiger charge is 2.65. The number of ether oxygens (including phenoxy) is 8. The van der Waals surface area contributed by atoms with Crippen LogP contribution in [0.15, 0.2) is 72.8 Å². The summed E-state index contributed by atoms with van der Waals surface area (Å²) in [6.07, 6.45) is -10.8. The molecule has 0 aliphatic rings. The molecular formula is C38H36F6O10. The van der Waals surface area contributed by atoms with Gasteiger partial charge in [-0.2, -0.15) is 26.3 Å². The van der Waals surface area contributed by atoms with E-state index in [1.807, 2.05) is 0 Å². The van der Waals surface area contributed by atoms with E-state index in [1.165, 1.54) is 64.5 Å². The zero-order chi connectivity index (χ0) is 40.2. The van der Waals surface area contributed by atoms with Crippen molar-refractivity contribution in [2.24, 2.45) is 0 Å². The third kappa shape index (κ3) is 6.86. The molecule has 2 atom stereocenters. The molecule has 0 unspecified atom stereocenters. The molecule has 0 saturated carbocycles. The molecule has 4 aromatic rings. The number of esters is 2. The lowest BCUT2D eigenvalue weighted by Gasteiger charge is -2.33. The summed E-state index contributed by atoms with van der Waals surface area (Å²) in [6, 6.07) is 14.2. The normalized spacial score (nSPS) is 14.0. The fraction of sp³-hybridized carbons (Fsp3) is 0.316. The Morgan fingerprint density at radius 1 is 0.481 bits per heavy atom. The summed E-state index contributed by atoms with van der Waals surface area (Å²) in [7, 11) is 6.10. The molecule has 4 aromatic carbocycles. The smallest absolute Gasteiger partial charge is 0.432 e. The van der Waals surface area contributed by atoms with Gasteiger partial charge in [0.05, 0.1) is 39.6 Å². The van der Waals surface area contributed by atoms with Crippen molar-refractivity contribution in [3.8, 4) is 45.6 Å². The molecule has 0 aliphatic heterocycles. The Hall–Kier alpha value is -5.48. The molecule has 0 aromatic heterocycles. The molecular weight excluding hydrogens is 730 g/mol.